The lowest BCUT2D eigenvalue weighted by molar-refractivity contribution is 0.187. The number of benzene rings is 2. The molecule has 160 valence electrons. The first-order chi connectivity index (χ1) is 13.6. The monoisotopic (exact) mass is 513 g/mol. The fourth-order valence-electron chi connectivity index (χ4n) is 2.87. The van der Waals surface area contributed by atoms with Crippen molar-refractivity contribution in [1.82, 2.24) is 10.6 Å². The summed E-state index contributed by atoms with van der Waals surface area (Å²) in [5, 5.41) is 16.9. The van der Waals surface area contributed by atoms with Crippen LogP contribution in [0, 0.1) is 6.92 Å². The highest BCUT2D eigenvalue weighted by molar-refractivity contribution is 14.0. The molecule has 0 bridgehead atoms. The molecular weight excluding hydrogens is 481 g/mol. The summed E-state index contributed by atoms with van der Waals surface area (Å²) in [4.78, 5) is 4.51. The Morgan fingerprint density at radius 3 is 2.41 bits per heavy atom. The van der Waals surface area contributed by atoms with Crippen molar-refractivity contribution in [3.8, 4) is 11.5 Å². The Morgan fingerprint density at radius 2 is 1.79 bits per heavy atom. The largest absolute Gasteiger partial charge is 0.497 e. The molecule has 0 amide bonds. The quantitative estimate of drug-likeness (QED) is 0.272. The average Bonchev–Trinajstić information content (AvgIpc) is 2.72. The zero-order valence-corrected chi connectivity index (χ0v) is 19.9. The molecule has 2 aromatic carbocycles. The third-order valence-corrected chi connectivity index (χ3v) is 4.39. The molecule has 0 aliphatic carbocycles. The van der Waals surface area contributed by atoms with E-state index in [1.807, 2.05) is 43.3 Å². The van der Waals surface area contributed by atoms with E-state index in [2.05, 4.69) is 28.6 Å². The van der Waals surface area contributed by atoms with Gasteiger partial charge < -0.3 is 25.2 Å². The van der Waals surface area contributed by atoms with Crippen LogP contribution in [0.2, 0.25) is 0 Å². The van der Waals surface area contributed by atoms with Crippen LogP contribution in [0.4, 0.5) is 0 Å². The highest BCUT2D eigenvalue weighted by Crippen LogP contribution is 2.20. The number of halogens is 1. The minimum absolute atomic E-state index is 0. The maximum atomic E-state index is 10.4. The van der Waals surface area contributed by atoms with Gasteiger partial charge in [-0.05, 0) is 49.6 Å². The Hall–Kier alpha value is -2.00. The number of rotatable bonds is 9. The summed E-state index contributed by atoms with van der Waals surface area (Å²) in [5.74, 6) is 2.34. The number of hydrogen-bond acceptors (Lipinski definition) is 4. The van der Waals surface area contributed by atoms with Gasteiger partial charge in [0.05, 0.1) is 26.9 Å². The predicted octanol–water partition coefficient (Wildman–Crippen LogP) is 3.46. The fourth-order valence-corrected chi connectivity index (χ4v) is 2.87. The zero-order chi connectivity index (χ0) is 20.4. The summed E-state index contributed by atoms with van der Waals surface area (Å²) < 4.78 is 10.6. The third-order valence-electron chi connectivity index (χ3n) is 4.39. The van der Waals surface area contributed by atoms with E-state index in [1.54, 1.807) is 14.2 Å². The lowest BCUT2D eigenvalue weighted by atomic mass is 10.1. The number of aliphatic hydroxyl groups is 1. The van der Waals surface area contributed by atoms with E-state index < -0.39 is 6.10 Å². The van der Waals surface area contributed by atoms with Gasteiger partial charge in [-0.3, -0.25) is 4.99 Å². The number of aliphatic imine (C=N–C) groups is 1. The van der Waals surface area contributed by atoms with Crippen LogP contribution < -0.4 is 20.1 Å². The lowest BCUT2D eigenvalue weighted by Gasteiger charge is -2.14. The maximum absolute atomic E-state index is 10.4. The molecule has 1 unspecified atom stereocenters. The molecule has 7 heteroatoms. The van der Waals surface area contributed by atoms with Gasteiger partial charge in [0.1, 0.15) is 11.5 Å². The van der Waals surface area contributed by atoms with Crippen LogP contribution in [-0.4, -0.2) is 44.9 Å². The number of guanidine groups is 1. The van der Waals surface area contributed by atoms with Crippen molar-refractivity contribution in [2.45, 2.75) is 26.4 Å². The number of methoxy groups -OCH3 is 2. The average molecular weight is 513 g/mol. The molecule has 2 aromatic rings. The molecule has 0 saturated heterocycles. The molecule has 3 N–H and O–H groups in total. The minimum atomic E-state index is -0.668. The molecule has 29 heavy (non-hydrogen) atoms. The maximum Gasteiger partial charge on any atom is 0.191 e. The molecule has 0 fully saturated rings. The van der Waals surface area contributed by atoms with Crippen molar-refractivity contribution in [2.24, 2.45) is 4.99 Å². The zero-order valence-electron chi connectivity index (χ0n) is 17.6. The summed E-state index contributed by atoms with van der Waals surface area (Å²) in [6, 6.07) is 13.5. The molecule has 0 saturated carbocycles. The lowest BCUT2D eigenvalue weighted by Crippen LogP contribution is -2.38. The standard InChI is InChI=1S/C22H31N3O3.HI/c1-5-23-22(24-13-12-18-14-16(2)6-11-21(18)28-4)25-15-20(26)17-7-9-19(27-3)10-8-17;/h6-11,14,20,26H,5,12-13,15H2,1-4H3,(H2,23,24,25);1H. The van der Waals surface area contributed by atoms with Gasteiger partial charge >= 0.3 is 0 Å². The number of nitrogens with one attached hydrogen (secondary N) is 2. The Morgan fingerprint density at radius 1 is 1.07 bits per heavy atom. The first-order valence-corrected chi connectivity index (χ1v) is 9.55. The third kappa shape index (κ3) is 8.10. The van der Waals surface area contributed by atoms with E-state index in [0.29, 0.717) is 12.5 Å². The Kier molecular flexibility index (Phi) is 11.5. The highest BCUT2D eigenvalue weighted by Gasteiger charge is 2.08. The van der Waals surface area contributed by atoms with Gasteiger partial charge in [0.2, 0.25) is 0 Å². The summed E-state index contributed by atoms with van der Waals surface area (Å²) in [5.41, 5.74) is 3.17. The van der Waals surface area contributed by atoms with E-state index in [4.69, 9.17) is 9.47 Å². The predicted molar refractivity (Wildman–Crippen MR) is 129 cm³/mol. The normalized spacial score (nSPS) is 12.0. The minimum Gasteiger partial charge on any atom is -0.497 e. The molecule has 0 aliphatic rings. The second kappa shape index (κ2) is 13.3. The van der Waals surface area contributed by atoms with Crippen molar-refractivity contribution < 1.29 is 14.6 Å². The van der Waals surface area contributed by atoms with E-state index in [-0.39, 0.29) is 30.5 Å². The Balaban J connectivity index is 0.00000420. The molecule has 0 aromatic heterocycles. The van der Waals surface area contributed by atoms with Crippen LogP contribution in [0.3, 0.4) is 0 Å². The van der Waals surface area contributed by atoms with Crippen LogP contribution in [0.25, 0.3) is 0 Å². The molecule has 0 heterocycles. The topological polar surface area (TPSA) is 75.1 Å². The van der Waals surface area contributed by atoms with Crippen LogP contribution in [0.15, 0.2) is 47.5 Å². The van der Waals surface area contributed by atoms with Gasteiger partial charge in [-0.1, -0.05) is 29.8 Å². The molecule has 1 atom stereocenters. The second-order valence-corrected chi connectivity index (χ2v) is 6.50. The second-order valence-electron chi connectivity index (χ2n) is 6.50. The van der Waals surface area contributed by atoms with Gasteiger partial charge in [-0.25, -0.2) is 0 Å². The first-order valence-electron chi connectivity index (χ1n) is 9.55. The van der Waals surface area contributed by atoms with Gasteiger partial charge in [0.15, 0.2) is 5.96 Å². The Labute approximate surface area is 190 Å². The van der Waals surface area contributed by atoms with Crippen LogP contribution >= 0.6 is 24.0 Å². The van der Waals surface area contributed by atoms with Crippen molar-refractivity contribution in [1.29, 1.82) is 0 Å². The number of hydrogen-bond donors (Lipinski definition) is 3. The summed E-state index contributed by atoms with van der Waals surface area (Å²) in [7, 11) is 3.31. The molecule has 2 rings (SSSR count). The van der Waals surface area contributed by atoms with Crippen molar-refractivity contribution >= 4 is 29.9 Å². The van der Waals surface area contributed by atoms with E-state index >= 15 is 0 Å². The van der Waals surface area contributed by atoms with Gasteiger partial charge in [0.25, 0.3) is 0 Å². The number of nitrogens with zero attached hydrogens (tertiary/aromatic N) is 1. The van der Waals surface area contributed by atoms with Gasteiger partial charge in [0, 0.05) is 13.1 Å². The number of ether oxygens (including phenoxy) is 2. The highest BCUT2D eigenvalue weighted by atomic mass is 127. The van der Waals surface area contributed by atoms with Crippen molar-refractivity contribution in [3.63, 3.8) is 0 Å². The van der Waals surface area contributed by atoms with E-state index in [1.165, 1.54) is 5.56 Å². The molecular formula is C22H32IN3O3. The molecule has 0 radical (unpaired) electrons. The first kappa shape index (κ1) is 25.0. The summed E-state index contributed by atoms with van der Waals surface area (Å²) >= 11 is 0. The molecule has 0 spiro atoms. The van der Waals surface area contributed by atoms with Crippen molar-refractivity contribution in [3.05, 3.63) is 59.2 Å². The smallest absolute Gasteiger partial charge is 0.191 e. The number of aliphatic hydroxyl groups excluding tert-OH is 1. The SMILES string of the molecule is CCNC(=NCC(O)c1ccc(OC)cc1)NCCc1cc(C)ccc1OC.I. The number of aryl methyl sites for hydroxylation is 1. The fraction of sp³-hybridized carbons (Fsp3) is 0.409. The van der Waals surface area contributed by atoms with Gasteiger partial charge in [-0.15, -0.1) is 24.0 Å². The van der Waals surface area contributed by atoms with E-state index in [9.17, 15) is 5.11 Å². The molecule has 0 aliphatic heterocycles. The Bertz CT molecular complexity index is 766. The van der Waals surface area contributed by atoms with E-state index in [0.717, 1.165) is 35.6 Å². The summed E-state index contributed by atoms with van der Waals surface area (Å²) in [6.45, 7) is 5.82. The van der Waals surface area contributed by atoms with Crippen LogP contribution in [0.5, 0.6) is 11.5 Å². The van der Waals surface area contributed by atoms with Crippen LogP contribution in [-0.2, 0) is 6.42 Å². The van der Waals surface area contributed by atoms with Gasteiger partial charge in [-0.2, -0.15) is 0 Å². The molecule has 6 nitrogen and oxygen atoms in total. The van der Waals surface area contributed by atoms with Crippen molar-refractivity contribution in [2.75, 3.05) is 33.9 Å². The van der Waals surface area contributed by atoms with Crippen LogP contribution in [0.1, 0.15) is 29.7 Å². The summed E-state index contributed by atoms with van der Waals surface area (Å²) in [6.07, 6.45) is 0.147.